The molecule has 0 radical (unpaired) electrons. The summed E-state index contributed by atoms with van der Waals surface area (Å²) in [6.45, 7) is -0.0805. The van der Waals surface area contributed by atoms with E-state index in [1.165, 1.54) is 51.5 Å². The zero-order chi connectivity index (χ0) is 18.6. The Morgan fingerprint density at radius 1 is 1.08 bits per heavy atom. The minimum atomic E-state index is -3.91. The maximum atomic E-state index is 14.2. The highest BCUT2D eigenvalue weighted by Crippen LogP contribution is 2.25. The van der Waals surface area contributed by atoms with Crippen molar-refractivity contribution in [2.45, 2.75) is 6.54 Å². The van der Waals surface area contributed by atoms with Gasteiger partial charge in [0.2, 0.25) is 0 Å². The molecule has 0 N–H and O–H groups in total. The van der Waals surface area contributed by atoms with Gasteiger partial charge in [0.15, 0.2) is 0 Å². The van der Waals surface area contributed by atoms with Gasteiger partial charge in [0.25, 0.3) is 0 Å². The SMILES string of the molecule is COC(=O)c1ccc(CN(c2ccccc2F)S(=O)(=O)N(C)C)cc1. The molecule has 0 spiro atoms. The minimum absolute atomic E-state index is 0.0479. The highest BCUT2D eigenvalue weighted by atomic mass is 32.2. The van der Waals surface area contributed by atoms with Crippen molar-refractivity contribution in [3.63, 3.8) is 0 Å². The Morgan fingerprint density at radius 3 is 2.20 bits per heavy atom. The Hall–Kier alpha value is -2.45. The molecule has 0 aliphatic heterocycles. The smallest absolute Gasteiger partial charge is 0.337 e. The maximum absolute atomic E-state index is 14.2. The number of hydrogen-bond acceptors (Lipinski definition) is 4. The van der Waals surface area contributed by atoms with Crippen molar-refractivity contribution < 1.29 is 22.3 Å². The predicted molar refractivity (Wildman–Crippen MR) is 93.0 cm³/mol. The van der Waals surface area contributed by atoms with E-state index in [1.54, 1.807) is 18.2 Å². The molecule has 2 rings (SSSR count). The van der Waals surface area contributed by atoms with Gasteiger partial charge in [-0.15, -0.1) is 0 Å². The summed E-state index contributed by atoms with van der Waals surface area (Å²) in [5.41, 5.74) is 0.897. The van der Waals surface area contributed by atoms with Crippen LogP contribution in [0.15, 0.2) is 48.5 Å². The van der Waals surface area contributed by atoms with E-state index in [-0.39, 0.29) is 12.2 Å². The zero-order valence-electron chi connectivity index (χ0n) is 14.1. The second-order valence-electron chi connectivity index (χ2n) is 5.44. The van der Waals surface area contributed by atoms with Gasteiger partial charge in [-0.1, -0.05) is 24.3 Å². The molecule has 0 saturated carbocycles. The van der Waals surface area contributed by atoms with Crippen LogP contribution in [0.4, 0.5) is 10.1 Å². The van der Waals surface area contributed by atoms with Crippen LogP contribution in [0.25, 0.3) is 0 Å². The summed E-state index contributed by atoms with van der Waals surface area (Å²) in [5.74, 6) is -1.13. The van der Waals surface area contributed by atoms with Crippen molar-refractivity contribution in [1.29, 1.82) is 0 Å². The molecular weight excluding hydrogens is 347 g/mol. The quantitative estimate of drug-likeness (QED) is 0.737. The molecule has 25 heavy (non-hydrogen) atoms. The summed E-state index contributed by atoms with van der Waals surface area (Å²) in [4.78, 5) is 11.5. The Balaban J connectivity index is 2.41. The van der Waals surface area contributed by atoms with Gasteiger partial charge >= 0.3 is 16.2 Å². The molecule has 2 aromatic carbocycles. The molecule has 0 aromatic heterocycles. The second-order valence-corrected chi connectivity index (χ2v) is 7.50. The van der Waals surface area contributed by atoms with E-state index in [0.717, 1.165) is 8.61 Å². The molecule has 0 heterocycles. The molecule has 2 aromatic rings. The first kappa shape index (κ1) is 18.9. The number of para-hydroxylation sites is 1. The summed E-state index contributed by atoms with van der Waals surface area (Å²) < 4.78 is 46.0. The van der Waals surface area contributed by atoms with Crippen molar-refractivity contribution >= 4 is 21.9 Å². The van der Waals surface area contributed by atoms with Gasteiger partial charge in [-0.25, -0.2) is 9.18 Å². The molecule has 0 atom stereocenters. The van der Waals surface area contributed by atoms with Crippen LogP contribution in [0.2, 0.25) is 0 Å². The van der Waals surface area contributed by atoms with Gasteiger partial charge < -0.3 is 4.74 Å². The standard InChI is InChI=1S/C17H19FN2O4S/c1-19(2)25(22,23)20(16-7-5-4-6-15(16)18)12-13-8-10-14(11-9-13)17(21)24-3/h4-11H,12H2,1-3H3. The van der Waals surface area contributed by atoms with Crippen LogP contribution in [-0.4, -0.2) is 39.9 Å². The molecule has 0 saturated heterocycles. The van der Waals surface area contributed by atoms with E-state index in [4.69, 9.17) is 0 Å². The Morgan fingerprint density at radius 2 is 1.68 bits per heavy atom. The van der Waals surface area contributed by atoms with E-state index < -0.39 is 22.0 Å². The van der Waals surface area contributed by atoms with Crippen molar-refractivity contribution in [2.24, 2.45) is 0 Å². The fourth-order valence-corrected chi connectivity index (χ4v) is 3.28. The van der Waals surface area contributed by atoms with E-state index >= 15 is 0 Å². The highest BCUT2D eigenvalue weighted by molar-refractivity contribution is 7.90. The first-order valence-corrected chi connectivity index (χ1v) is 8.79. The van der Waals surface area contributed by atoms with Gasteiger partial charge in [0, 0.05) is 14.1 Å². The number of benzene rings is 2. The fraction of sp³-hybridized carbons (Fsp3) is 0.235. The summed E-state index contributed by atoms with van der Waals surface area (Å²) in [5, 5.41) is 0. The highest BCUT2D eigenvalue weighted by Gasteiger charge is 2.27. The van der Waals surface area contributed by atoms with Gasteiger partial charge in [-0.05, 0) is 29.8 Å². The molecule has 0 unspecified atom stereocenters. The molecule has 134 valence electrons. The normalized spacial score (nSPS) is 11.4. The van der Waals surface area contributed by atoms with Crippen molar-refractivity contribution in [3.8, 4) is 0 Å². The van der Waals surface area contributed by atoms with Crippen LogP contribution in [0.1, 0.15) is 15.9 Å². The number of halogens is 1. The first-order valence-electron chi connectivity index (χ1n) is 7.39. The van der Waals surface area contributed by atoms with Crippen LogP contribution < -0.4 is 4.31 Å². The number of ether oxygens (including phenoxy) is 1. The molecule has 0 aliphatic rings. The monoisotopic (exact) mass is 366 g/mol. The van der Waals surface area contributed by atoms with E-state index in [0.29, 0.717) is 11.1 Å². The average Bonchev–Trinajstić information content (AvgIpc) is 2.60. The number of carbonyl (C=O) groups is 1. The largest absolute Gasteiger partial charge is 0.465 e. The lowest BCUT2D eigenvalue weighted by Crippen LogP contribution is -2.40. The minimum Gasteiger partial charge on any atom is -0.465 e. The lowest BCUT2D eigenvalue weighted by molar-refractivity contribution is 0.0600. The van der Waals surface area contributed by atoms with Crippen LogP contribution in [0.3, 0.4) is 0 Å². The van der Waals surface area contributed by atoms with Gasteiger partial charge in [-0.3, -0.25) is 4.31 Å². The van der Waals surface area contributed by atoms with Gasteiger partial charge in [0.05, 0.1) is 24.9 Å². The lowest BCUT2D eigenvalue weighted by atomic mass is 10.1. The van der Waals surface area contributed by atoms with Crippen LogP contribution in [-0.2, 0) is 21.5 Å². The summed E-state index contributed by atoms with van der Waals surface area (Å²) in [6.07, 6.45) is 0. The third kappa shape index (κ3) is 4.15. The van der Waals surface area contributed by atoms with Crippen LogP contribution in [0, 0.1) is 5.82 Å². The molecule has 0 aliphatic carbocycles. The number of hydrogen-bond donors (Lipinski definition) is 0. The molecule has 8 heteroatoms. The van der Waals surface area contributed by atoms with Crippen molar-refractivity contribution in [1.82, 2.24) is 4.31 Å². The number of esters is 1. The van der Waals surface area contributed by atoms with Crippen molar-refractivity contribution in [3.05, 3.63) is 65.5 Å². The predicted octanol–water partition coefficient (Wildman–Crippen LogP) is 2.43. The second kappa shape index (κ2) is 7.62. The van der Waals surface area contributed by atoms with Gasteiger partial charge in [-0.2, -0.15) is 12.7 Å². The maximum Gasteiger partial charge on any atom is 0.337 e. The van der Waals surface area contributed by atoms with Crippen LogP contribution >= 0.6 is 0 Å². The lowest BCUT2D eigenvalue weighted by Gasteiger charge is -2.27. The molecule has 6 nitrogen and oxygen atoms in total. The summed E-state index contributed by atoms with van der Waals surface area (Å²) in [7, 11) is 0.126. The third-order valence-electron chi connectivity index (χ3n) is 3.56. The Kier molecular flexibility index (Phi) is 5.76. The zero-order valence-corrected chi connectivity index (χ0v) is 15.0. The number of rotatable bonds is 6. The van der Waals surface area contributed by atoms with Gasteiger partial charge in [0.1, 0.15) is 5.82 Å². The molecule has 0 amide bonds. The topological polar surface area (TPSA) is 66.9 Å². The summed E-state index contributed by atoms with van der Waals surface area (Å²) in [6, 6.07) is 11.9. The van der Waals surface area contributed by atoms with Crippen LogP contribution in [0.5, 0.6) is 0 Å². The average molecular weight is 366 g/mol. The van der Waals surface area contributed by atoms with Crippen molar-refractivity contribution in [2.75, 3.05) is 25.5 Å². The molecular formula is C17H19FN2O4S. The van der Waals surface area contributed by atoms with E-state index in [2.05, 4.69) is 4.74 Å². The Bertz CT molecular complexity index is 851. The third-order valence-corrected chi connectivity index (χ3v) is 5.37. The molecule has 0 bridgehead atoms. The number of nitrogens with zero attached hydrogens (tertiary/aromatic N) is 2. The first-order chi connectivity index (χ1) is 11.8. The fourth-order valence-electron chi connectivity index (χ4n) is 2.17. The number of carbonyl (C=O) groups excluding carboxylic acids is 1. The number of anilines is 1. The summed E-state index contributed by atoms with van der Waals surface area (Å²) >= 11 is 0. The Labute approximate surface area is 146 Å². The van der Waals surface area contributed by atoms with E-state index in [1.807, 2.05) is 0 Å². The molecule has 0 fully saturated rings. The van der Waals surface area contributed by atoms with E-state index in [9.17, 15) is 17.6 Å². The number of methoxy groups -OCH3 is 1.